The molecule has 5 atom stereocenters. The van der Waals surface area contributed by atoms with E-state index < -0.39 is 0 Å². The number of aromatic nitrogens is 4. The van der Waals surface area contributed by atoms with Gasteiger partial charge in [-0.1, -0.05) is 53.3 Å². The number of H-pyrrole nitrogens is 1. The molecule has 7 rings (SSSR count). The molecule has 0 radical (unpaired) electrons. The molecule has 2 aromatic carbocycles. The van der Waals surface area contributed by atoms with Crippen LogP contribution >= 0.6 is 46.9 Å². The van der Waals surface area contributed by atoms with Gasteiger partial charge in [-0.3, -0.25) is 19.0 Å². The number of hydrogen-bond acceptors (Lipinski definition) is 5. The molecule has 2 saturated carbocycles. The van der Waals surface area contributed by atoms with Crippen molar-refractivity contribution in [3.05, 3.63) is 90.3 Å². The first-order chi connectivity index (χ1) is 17.1. The molecule has 2 bridgehead atoms. The summed E-state index contributed by atoms with van der Waals surface area (Å²) < 4.78 is 4.39. The molecule has 0 spiro atoms. The minimum Gasteiger partial charge on any atom is -0.286 e. The zero-order valence-corrected chi connectivity index (χ0v) is 22.0. The van der Waals surface area contributed by atoms with Gasteiger partial charge < -0.3 is 0 Å². The summed E-state index contributed by atoms with van der Waals surface area (Å²) in [5.41, 5.74) is 2.22. The molecule has 3 heterocycles. The van der Waals surface area contributed by atoms with Crippen molar-refractivity contribution in [3.8, 4) is 5.69 Å². The molecule has 1 aliphatic heterocycles. The van der Waals surface area contributed by atoms with Crippen molar-refractivity contribution in [1.82, 2.24) is 19.3 Å². The van der Waals surface area contributed by atoms with Gasteiger partial charge in [0.1, 0.15) is 0 Å². The van der Waals surface area contributed by atoms with Crippen LogP contribution in [0.1, 0.15) is 41.4 Å². The number of benzene rings is 2. The summed E-state index contributed by atoms with van der Waals surface area (Å²) in [6.45, 7) is 0.387. The number of nitrogens with one attached hydrogen (secondary N) is 1. The van der Waals surface area contributed by atoms with Gasteiger partial charge in [-0.25, -0.2) is 0 Å². The molecule has 0 saturated heterocycles. The molecule has 1 N–H and O–H groups in total. The molecule has 2 aromatic heterocycles. The van der Waals surface area contributed by atoms with Crippen LogP contribution in [0.3, 0.4) is 0 Å². The lowest BCUT2D eigenvalue weighted by atomic mass is 9.75. The van der Waals surface area contributed by atoms with Crippen LogP contribution in [-0.4, -0.2) is 24.6 Å². The second kappa shape index (κ2) is 8.47. The molecule has 2 fully saturated rings. The minimum absolute atomic E-state index is 0.0716. The molecule has 3 aliphatic rings. The Balaban J connectivity index is 1.35. The van der Waals surface area contributed by atoms with E-state index in [9.17, 15) is 4.79 Å². The van der Waals surface area contributed by atoms with Gasteiger partial charge in [0.2, 0.25) is 0 Å². The van der Waals surface area contributed by atoms with Crippen molar-refractivity contribution in [2.75, 3.05) is 0 Å². The number of halogens is 1. The third-order valence-electron chi connectivity index (χ3n) is 7.98. The van der Waals surface area contributed by atoms with E-state index >= 15 is 0 Å². The summed E-state index contributed by atoms with van der Waals surface area (Å²) in [4.78, 5) is 14.7. The Labute approximate surface area is 221 Å². The number of fused-ring (bicyclic) bond motifs is 6. The number of para-hydroxylation sites is 1. The largest absolute Gasteiger partial charge is 0.308 e. The highest BCUT2D eigenvalue weighted by Crippen LogP contribution is 2.64. The van der Waals surface area contributed by atoms with Gasteiger partial charge in [0.05, 0.1) is 11.6 Å². The predicted molar refractivity (Wildman–Crippen MR) is 144 cm³/mol. The molecule has 4 aromatic rings. The van der Waals surface area contributed by atoms with Crippen molar-refractivity contribution in [3.63, 3.8) is 0 Å². The minimum atomic E-state index is 0.0716. The Morgan fingerprint density at radius 2 is 1.86 bits per heavy atom. The van der Waals surface area contributed by atoms with E-state index in [4.69, 9.17) is 23.8 Å². The number of rotatable bonds is 4. The van der Waals surface area contributed by atoms with Gasteiger partial charge in [-0.2, -0.15) is 5.10 Å². The Morgan fingerprint density at radius 1 is 1.09 bits per heavy atom. The van der Waals surface area contributed by atoms with E-state index in [1.807, 2.05) is 63.4 Å². The second-order valence-electron chi connectivity index (χ2n) is 9.76. The summed E-state index contributed by atoms with van der Waals surface area (Å²) >= 11 is 15.1. The first kappa shape index (κ1) is 22.1. The van der Waals surface area contributed by atoms with Crippen LogP contribution in [0.15, 0.2) is 64.4 Å². The fourth-order valence-corrected chi connectivity index (χ4v) is 10.1. The second-order valence-corrected chi connectivity index (χ2v) is 12.7. The first-order valence-corrected chi connectivity index (χ1v) is 14.4. The smallest absolute Gasteiger partial charge is 0.286 e. The van der Waals surface area contributed by atoms with Crippen LogP contribution in [-0.2, 0) is 6.54 Å². The summed E-state index contributed by atoms with van der Waals surface area (Å²) in [5.74, 6) is 3.05. The Bertz CT molecular complexity index is 1520. The van der Waals surface area contributed by atoms with Crippen molar-refractivity contribution in [2.45, 2.75) is 42.0 Å². The number of hydrogen-bond donors (Lipinski definition) is 1. The highest BCUT2D eigenvalue weighted by atomic mass is 35.5. The highest BCUT2D eigenvalue weighted by molar-refractivity contribution is 8.00. The Hall–Kier alpha value is -2.13. The zero-order valence-electron chi connectivity index (χ0n) is 18.8. The molecule has 2 aliphatic carbocycles. The average Bonchev–Trinajstić information content (AvgIpc) is 3.64. The van der Waals surface area contributed by atoms with Crippen molar-refractivity contribution < 1.29 is 0 Å². The van der Waals surface area contributed by atoms with Crippen molar-refractivity contribution in [2.24, 2.45) is 17.8 Å². The normalized spacial score (nSPS) is 26.6. The predicted octanol–water partition coefficient (Wildman–Crippen LogP) is 6.51. The number of thiazole rings is 1. The maximum absolute atomic E-state index is 13.5. The van der Waals surface area contributed by atoms with E-state index in [1.54, 1.807) is 0 Å². The molecular formula is C26H23ClN4OS3. The van der Waals surface area contributed by atoms with Crippen LogP contribution in [0.2, 0.25) is 5.02 Å². The maximum atomic E-state index is 13.5. The van der Waals surface area contributed by atoms with Crippen molar-refractivity contribution >= 4 is 46.9 Å². The van der Waals surface area contributed by atoms with Gasteiger partial charge in [-0.15, -0.1) is 11.8 Å². The maximum Gasteiger partial charge on any atom is 0.308 e. The van der Waals surface area contributed by atoms with Gasteiger partial charge in [0, 0.05) is 26.8 Å². The lowest BCUT2D eigenvalue weighted by Crippen LogP contribution is -2.34. The SMILES string of the molecule is O=c1sc2c(n1Cc1n[nH]c(=S)n1-c1ccccc1)S[C@@H]1[C@H]3CC[C@@H](C3)[C@@H]1[C@H]2c1ccc(Cl)cc1. The van der Waals surface area contributed by atoms with Crippen molar-refractivity contribution in [1.29, 1.82) is 0 Å². The van der Waals surface area contributed by atoms with Crippen LogP contribution in [0.25, 0.3) is 5.69 Å². The summed E-state index contributed by atoms with van der Waals surface area (Å²) in [6, 6.07) is 18.2. The van der Waals surface area contributed by atoms with Gasteiger partial charge in [0.25, 0.3) is 0 Å². The average molecular weight is 539 g/mol. The molecule has 9 heteroatoms. The van der Waals surface area contributed by atoms with Crippen LogP contribution in [0.5, 0.6) is 0 Å². The van der Waals surface area contributed by atoms with Crippen LogP contribution in [0, 0.1) is 22.5 Å². The van der Waals surface area contributed by atoms with E-state index in [-0.39, 0.29) is 10.8 Å². The van der Waals surface area contributed by atoms with E-state index in [2.05, 4.69) is 22.3 Å². The Morgan fingerprint density at radius 3 is 2.66 bits per heavy atom. The molecule has 178 valence electrons. The standard InChI is InChI=1S/C26H23ClN4OS3/c27-17-10-8-14(9-11-17)20-21-15-6-7-16(12-15)22(21)34-24-23(20)35-26(32)30(24)13-19-28-29-25(33)31(19)18-4-2-1-3-5-18/h1-5,8-11,15-16,20-22H,6-7,12-13H2,(H,29,33)/t15-,16-,20+,21+,22+/m0/s1. The number of thioether (sulfide) groups is 1. The van der Waals surface area contributed by atoms with Crippen LogP contribution in [0.4, 0.5) is 0 Å². The van der Waals surface area contributed by atoms with Gasteiger partial charge in [-0.05, 0) is 79.1 Å². The first-order valence-electron chi connectivity index (χ1n) is 12.0. The molecular weight excluding hydrogens is 516 g/mol. The molecule has 0 amide bonds. The zero-order chi connectivity index (χ0) is 23.7. The fraction of sp³-hybridized carbons (Fsp3) is 0.346. The number of aromatic amines is 1. The summed E-state index contributed by atoms with van der Waals surface area (Å²) in [5, 5.41) is 9.86. The summed E-state index contributed by atoms with van der Waals surface area (Å²) in [7, 11) is 0. The topological polar surface area (TPSA) is 55.6 Å². The van der Waals surface area contributed by atoms with Gasteiger partial charge >= 0.3 is 4.87 Å². The third kappa shape index (κ3) is 3.52. The summed E-state index contributed by atoms with van der Waals surface area (Å²) in [6.07, 6.45) is 3.94. The monoisotopic (exact) mass is 538 g/mol. The molecule has 5 nitrogen and oxygen atoms in total. The Kier molecular flexibility index (Phi) is 5.35. The van der Waals surface area contributed by atoms with E-state index in [1.165, 1.54) is 41.0 Å². The van der Waals surface area contributed by atoms with Crippen LogP contribution < -0.4 is 4.87 Å². The fourth-order valence-electron chi connectivity index (χ4n) is 6.55. The molecule has 35 heavy (non-hydrogen) atoms. The third-order valence-corrected chi connectivity index (χ3v) is 11.3. The lowest BCUT2D eigenvalue weighted by molar-refractivity contribution is 0.306. The highest BCUT2D eigenvalue weighted by Gasteiger charge is 2.55. The number of nitrogens with zero attached hydrogens (tertiary/aromatic N) is 3. The lowest BCUT2D eigenvalue weighted by Gasteiger charge is -2.40. The molecule has 0 unspecified atom stereocenters. The quantitative estimate of drug-likeness (QED) is 0.301. The van der Waals surface area contributed by atoms with Gasteiger partial charge in [0.15, 0.2) is 10.6 Å². The van der Waals surface area contributed by atoms with E-state index in [0.29, 0.717) is 22.5 Å². The van der Waals surface area contributed by atoms with E-state index in [0.717, 1.165) is 33.4 Å².